The topological polar surface area (TPSA) is 9.23 Å². The maximum Gasteiger partial charge on any atom is 0.133 e. The molecule has 9 heavy (non-hydrogen) atoms. The molecule has 0 bridgehead atoms. The van der Waals surface area contributed by atoms with Gasteiger partial charge < -0.3 is 4.74 Å². The van der Waals surface area contributed by atoms with Gasteiger partial charge >= 0.3 is 0 Å². The van der Waals surface area contributed by atoms with Crippen molar-refractivity contribution in [2.75, 3.05) is 7.11 Å². The lowest BCUT2D eigenvalue weighted by atomic mass is 10.3. The predicted molar refractivity (Wildman–Crippen MR) is 39.5 cm³/mol. The van der Waals surface area contributed by atoms with Gasteiger partial charge in [0, 0.05) is 0 Å². The third-order valence-corrected chi connectivity index (χ3v) is 1.62. The van der Waals surface area contributed by atoms with Gasteiger partial charge in [-0.15, -0.1) is 0 Å². The maximum absolute atomic E-state index is 4.98. The number of rotatable bonds is 1. The molecule has 0 aliphatic heterocycles. The van der Waals surface area contributed by atoms with E-state index in [2.05, 4.69) is 22.0 Å². The van der Waals surface area contributed by atoms with Gasteiger partial charge in [0.05, 0.1) is 11.6 Å². The molecular formula is C7H6BrO. The predicted octanol–water partition coefficient (Wildman–Crippen LogP) is 2.26. The first kappa shape index (κ1) is 6.62. The molecular weight excluding hydrogens is 180 g/mol. The number of halogens is 1. The largest absolute Gasteiger partial charge is 0.496 e. The van der Waals surface area contributed by atoms with E-state index in [9.17, 15) is 0 Å². The second-order valence-corrected chi connectivity index (χ2v) is 2.41. The Balaban J connectivity index is 3.01. The minimum Gasteiger partial charge on any atom is -0.496 e. The summed E-state index contributed by atoms with van der Waals surface area (Å²) in [6, 6.07) is 8.39. The van der Waals surface area contributed by atoms with E-state index < -0.39 is 0 Å². The highest BCUT2D eigenvalue weighted by Crippen LogP contribution is 2.22. The van der Waals surface area contributed by atoms with Crippen LogP contribution in [0.1, 0.15) is 0 Å². The van der Waals surface area contributed by atoms with Crippen LogP contribution in [0.25, 0.3) is 0 Å². The molecule has 1 rings (SSSR count). The van der Waals surface area contributed by atoms with Crippen LogP contribution in [0.5, 0.6) is 5.75 Å². The number of hydrogen-bond donors (Lipinski definition) is 0. The van der Waals surface area contributed by atoms with E-state index in [-0.39, 0.29) is 0 Å². The molecule has 0 heterocycles. The van der Waals surface area contributed by atoms with Crippen molar-refractivity contribution < 1.29 is 4.74 Å². The third-order valence-electron chi connectivity index (χ3n) is 0.996. The van der Waals surface area contributed by atoms with Crippen LogP contribution >= 0.6 is 15.9 Å². The van der Waals surface area contributed by atoms with Gasteiger partial charge in [-0.1, -0.05) is 6.07 Å². The molecule has 0 saturated heterocycles. The summed E-state index contributed by atoms with van der Waals surface area (Å²) in [4.78, 5) is 0. The van der Waals surface area contributed by atoms with Crippen LogP contribution in [0.15, 0.2) is 22.7 Å². The summed E-state index contributed by atoms with van der Waals surface area (Å²) in [6.45, 7) is 0. The fraction of sp³-hybridized carbons (Fsp3) is 0.143. The molecule has 0 N–H and O–H groups in total. The highest BCUT2D eigenvalue weighted by atomic mass is 79.9. The number of ether oxygens (including phenoxy) is 1. The Labute approximate surface area is 62.8 Å². The maximum atomic E-state index is 4.98. The first-order chi connectivity index (χ1) is 4.34. The van der Waals surface area contributed by atoms with Crippen molar-refractivity contribution in [3.63, 3.8) is 0 Å². The fourth-order valence-electron chi connectivity index (χ4n) is 0.561. The molecule has 0 atom stereocenters. The smallest absolute Gasteiger partial charge is 0.133 e. The number of methoxy groups -OCH3 is 1. The standard InChI is InChI=1S/C7H6BrO/c1-9-7-5-3-2-4-6(7)8/h3-5H,1H3. The van der Waals surface area contributed by atoms with Crippen LogP contribution in [0.3, 0.4) is 0 Å². The van der Waals surface area contributed by atoms with E-state index in [1.807, 2.05) is 18.2 Å². The highest BCUT2D eigenvalue weighted by Gasteiger charge is 1.93. The Morgan fingerprint density at radius 2 is 2.44 bits per heavy atom. The quantitative estimate of drug-likeness (QED) is 0.653. The summed E-state index contributed by atoms with van der Waals surface area (Å²) in [6.07, 6.45) is 0. The van der Waals surface area contributed by atoms with Gasteiger partial charge in [-0.25, -0.2) is 0 Å². The Hall–Kier alpha value is -0.500. The molecule has 0 amide bonds. The van der Waals surface area contributed by atoms with Crippen molar-refractivity contribution in [2.24, 2.45) is 0 Å². The molecule has 0 unspecified atom stereocenters. The highest BCUT2D eigenvalue weighted by molar-refractivity contribution is 9.10. The average molecular weight is 186 g/mol. The molecule has 0 aliphatic carbocycles. The fourth-order valence-corrected chi connectivity index (χ4v) is 0.988. The summed E-state index contributed by atoms with van der Waals surface area (Å²) >= 11 is 3.30. The second-order valence-electron chi connectivity index (χ2n) is 1.56. The van der Waals surface area contributed by atoms with Crippen LogP contribution in [0, 0.1) is 6.07 Å². The minimum absolute atomic E-state index is 0.841. The van der Waals surface area contributed by atoms with E-state index >= 15 is 0 Å². The lowest BCUT2D eigenvalue weighted by molar-refractivity contribution is 0.412. The van der Waals surface area contributed by atoms with Gasteiger partial charge in [0.1, 0.15) is 5.75 Å². The van der Waals surface area contributed by atoms with Crippen molar-refractivity contribution in [1.29, 1.82) is 0 Å². The Bertz CT molecular complexity index is 198. The van der Waals surface area contributed by atoms with Gasteiger partial charge in [-0.3, -0.25) is 0 Å². The molecule has 0 aromatic heterocycles. The lowest BCUT2D eigenvalue weighted by Gasteiger charge is -1.98. The summed E-state index contributed by atoms with van der Waals surface area (Å²) in [5.41, 5.74) is 0. The summed E-state index contributed by atoms with van der Waals surface area (Å²) in [5, 5.41) is 0. The van der Waals surface area contributed by atoms with E-state index in [0.717, 1.165) is 10.2 Å². The van der Waals surface area contributed by atoms with Crippen molar-refractivity contribution >= 4 is 15.9 Å². The Morgan fingerprint density at radius 3 is 2.89 bits per heavy atom. The molecule has 1 radical (unpaired) electrons. The molecule has 1 aromatic carbocycles. The van der Waals surface area contributed by atoms with Crippen LogP contribution in [-0.4, -0.2) is 7.11 Å². The zero-order valence-corrected chi connectivity index (χ0v) is 6.60. The van der Waals surface area contributed by atoms with Crippen molar-refractivity contribution in [3.8, 4) is 5.75 Å². The first-order valence-electron chi connectivity index (χ1n) is 2.54. The average Bonchev–Trinajstić information content (AvgIpc) is 1.89. The van der Waals surface area contributed by atoms with Gasteiger partial charge in [0.2, 0.25) is 0 Å². The monoisotopic (exact) mass is 185 g/mol. The van der Waals surface area contributed by atoms with E-state index in [1.54, 1.807) is 7.11 Å². The van der Waals surface area contributed by atoms with Gasteiger partial charge in [0.25, 0.3) is 0 Å². The zero-order chi connectivity index (χ0) is 6.69. The van der Waals surface area contributed by atoms with E-state index in [1.165, 1.54) is 0 Å². The van der Waals surface area contributed by atoms with E-state index in [4.69, 9.17) is 4.74 Å². The van der Waals surface area contributed by atoms with Crippen LogP contribution in [-0.2, 0) is 0 Å². The normalized spacial score (nSPS) is 9.11. The molecule has 47 valence electrons. The Kier molecular flexibility index (Phi) is 2.11. The summed E-state index contributed by atoms with van der Waals surface area (Å²) in [5.74, 6) is 0.841. The van der Waals surface area contributed by atoms with Crippen LogP contribution in [0.2, 0.25) is 0 Å². The van der Waals surface area contributed by atoms with Crippen molar-refractivity contribution in [2.45, 2.75) is 0 Å². The molecule has 1 aromatic rings. The third kappa shape index (κ3) is 1.45. The lowest BCUT2D eigenvalue weighted by Crippen LogP contribution is -1.81. The first-order valence-corrected chi connectivity index (χ1v) is 3.33. The van der Waals surface area contributed by atoms with Gasteiger partial charge in [-0.05, 0) is 34.1 Å². The molecule has 1 nitrogen and oxygen atoms in total. The zero-order valence-electron chi connectivity index (χ0n) is 5.02. The van der Waals surface area contributed by atoms with E-state index in [0.29, 0.717) is 0 Å². The van der Waals surface area contributed by atoms with Gasteiger partial charge in [-0.2, -0.15) is 0 Å². The molecule has 0 saturated carbocycles. The number of hydrogen-bond acceptors (Lipinski definition) is 1. The van der Waals surface area contributed by atoms with Gasteiger partial charge in [0.15, 0.2) is 0 Å². The SMILES string of the molecule is COc1cc[c]cc1Br. The van der Waals surface area contributed by atoms with Crippen molar-refractivity contribution in [3.05, 3.63) is 28.7 Å². The number of benzene rings is 1. The molecule has 0 spiro atoms. The minimum atomic E-state index is 0.841. The van der Waals surface area contributed by atoms with Crippen molar-refractivity contribution in [1.82, 2.24) is 0 Å². The second kappa shape index (κ2) is 2.87. The molecule has 0 aliphatic rings. The summed E-state index contributed by atoms with van der Waals surface area (Å²) < 4.78 is 5.92. The summed E-state index contributed by atoms with van der Waals surface area (Å²) in [7, 11) is 1.64. The Morgan fingerprint density at radius 1 is 1.67 bits per heavy atom. The molecule has 0 fully saturated rings. The van der Waals surface area contributed by atoms with Crippen LogP contribution < -0.4 is 4.74 Å². The van der Waals surface area contributed by atoms with Crippen LogP contribution in [0.4, 0.5) is 0 Å². The molecule has 2 heteroatoms.